The molecule has 3 unspecified atom stereocenters. The third-order valence-corrected chi connectivity index (χ3v) is 11.3. The molecule has 0 amide bonds. The molecule has 0 spiro atoms. The lowest BCUT2D eigenvalue weighted by molar-refractivity contribution is -0.153. The van der Waals surface area contributed by atoms with Crippen molar-refractivity contribution in [1.82, 2.24) is 0 Å². The Bertz CT molecular complexity index is 659. The van der Waals surface area contributed by atoms with E-state index >= 15 is 0 Å². The summed E-state index contributed by atoms with van der Waals surface area (Å²) in [5.74, 6) is 5.31. The number of hydrogen-bond donors (Lipinski definition) is 1. The number of fused-ring (bicyclic) bond motifs is 5. The Morgan fingerprint density at radius 1 is 0.938 bits per heavy atom. The lowest BCUT2D eigenvalue weighted by Crippen LogP contribution is -2.54. The fraction of sp³-hybridized carbons (Fsp3) is 0.966. The van der Waals surface area contributed by atoms with E-state index in [4.69, 9.17) is 9.84 Å². The molecule has 0 saturated heterocycles. The van der Waals surface area contributed by atoms with Crippen molar-refractivity contribution in [3.63, 3.8) is 0 Å². The number of rotatable bonds is 8. The zero-order valence-electron chi connectivity index (χ0n) is 21.6. The molecule has 184 valence electrons. The Morgan fingerprint density at radius 3 is 2.38 bits per heavy atom. The van der Waals surface area contributed by atoms with Gasteiger partial charge in [-0.3, -0.25) is 0 Å². The second-order valence-electron chi connectivity index (χ2n) is 13.3. The molecule has 9 atom stereocenters. The number of carboxylic acid groups (broad SMARTS) is 1. The molecule has 0 aromatic heterocycles. The van der Waals surface area contributed by atoms with Crippen LogP contribution in [0.1, 0.15) is 112 Å². The van der Waals surface area contributed by atoms with Crippen molar-refractivity contribution in [2.24, 2.45) is 52.3 Å². The molecule has 4 aliphatic rings. The molecule has 4 fully saturated rings. The van der Waals surface area contributed by atoms with E-state index in [1.807, 2.05) is 0 Å². The minimum absolute atomic E-state index is 0.128. The zero-order chi connectivity index (χ0) is 23.1. The summed E-state index contributed by atoms with van der Waals surface area (Å²) in [5.41, 5.74) is 1.03. The third-order valence-electron chi connectivity index (χ3n) is 11.3. The van der Waals surface area contributed by atoms with Crippen LogP contribution in [0.15, 0.2) is 0 Å². The van der Waals surface area contributed by atoms with Crippen LogP contribution in [0.3, 0.4) is 0 Å². The summed E-state index contributed by atoms with van der Waals surface area (Å²) < 4.78 is 5.75. The minimum Gasteiger partial charge on any atom is -0.480 e. The van der Waals surface area contributed by atoms with E-state index < -0.39 is 5.97 Å². The van der Waals surface area contributed by atoms with Crippen molar-refractivity contribution < 1.29 is 14.6 Å². The molecule has 4 aliphatic carbocycles. The molecule has 1 N–H and O–H groups in total. The molecular weight excluding hydrogens is 396 g/mol. The molecule has 0 radical (unpaired) electrons. The quantitative estimate of drug-likeness (QED) is 0.418. The summed E-state index contributed by atoms with van der Waals surface area (Å²) >= 11 is 0. The number of ether oxygens (including phenoxy) is 1. The number of aliphatic carboxylic acids is 1. The highest BCUT2D eigenvalue weighted by Gasteiger charge is 2.60. The van der Waals surface area contributed by atoms with Gasteiger partial charge in [0.25, 0.3) is 0 Å². The molecule has 0 heterocycles. The van der Waals surface area contributed by atoms with E-state index in [2.05, 4.69) is 34.6 Å². The lowest BCUT2D eigenvalue weighted by atomic mass is 9.44. The van der Waals surface area contributed by atoms with Crippen LogP contribution < -0.4 is 0 Å². The van der Waals surface area contributed by atoms with Gasteiger partial charge in [-0.15, -0.1) is 0 Å². The van der Waals surface area contributed by atoms with Crippen molar-refractivity contribution in [2.75, 3.05) is 6.61 Å². The summed E-state index contributed by atoms with van der Waals surface area (Å²) in [6, 6.07) is 0. The van der Waals surface area contributed by atoms with Crippen LogP contribution in [0.4, 0.5) is 0 Å². The molecule has 0 aliphatic heterocycles. The van der Waals surface area contributed by atoms with E-state index in [0.717, 1.165) is 54.3 Å². The molecule has 3 nitrogen and oxygen atoms in total. The van der Waals surface area contributed by atoms with Gasteiger partial charge in [0.05, 0.1) is 6.10 Å². The average molecular weight is 447 g/mol. The summed E-state index contributed by atoms with van der Waals surface area (Å²) in [4.78, 5) is 10.9. The standard InChI is InChI=1S/C29H50O3/c1-19(2)7-6-8-20(3)24-11-12-25-23-10-9-21-17-22(32-18-27(30)31)13-15-28(21,4)26(23)14-16-29(24,25)5/h19-26H,6-18H2,1-5H3,(H,30,31)/t20-,21+,22+,23?,24-,25?,26?,28+,29-/m1/s1. The Morgan fingerprint density at radius 2 is 1.66 bits per heavy atom. The van der Waals surface area contributed by atoms with E-state index in [9.17, 15) is 4.79 Å². The maximum atomic E-state index is 10.9. The predicted molar refractivity (Wildman–Crippen MR) is 130 cm³/mol. The monoisotopic (exact) mass is 446 g/mol. The first-order valence-corrected chi connectivity index (χ1v) is 14.0. The smallest absolute Gasteiger partial charge is 0.329 e. The molecular formula is C29H50O3. The van der Waals surface area contributed by atoms with Gasteiger partial charge in [0.2, 0.25) is 0 Å². The SMILES string of the molecule is CC(C)CCC[C@@H](C)[C@H]1CCC2C3CC[C@H]4C[C@@H](OCC(=O)O)CC[C@]4(C)C3CC[C@@]21C. The highest BCUT2D eigenvalue weighted by Crippen LogP contribution is 2.68. The maximum absolute atomic E-state index is 10.9. The molecule has 4 saturated carbocycles. The fourth-order valence-corrected chi connectivity index (χ4v) is 9.58. The summed E-state index contributed by atoms with van der Waals surface area (Å²) in [6.45, 7) is 12.5. The number of carbonyl (C=O) groups is 1. The second-order valence-corrected chi connectivity index (χ2v) is 13.3. The summed E-state index contributed by atoms with van der Waals surface area (Å²) in [6.07, 6.45) is 16.3. The maximum Gasteiger partial charge on any atom is 0.329 e. The van der Waals surface area contributed by atoms with E-state index in [0.29, 0.717) is 10.8 Å². The highest BCUT2D eigenvalue weighted by molar-refractivity contribution is 5.68. The summed E-state index contributed by atoms with van der Waals surface area (Å²) in [7, 11) is 0. The number of hydrogen-bond acceptors (Lipinski definition) is 2. The first kappa shape index (κ1) is 24.6. The third kappa shape index (κ3) is 4.53. The topological polar surface area (TPSA) is 46.5 Å². The van der Waals surface area contributed by atoms with Gasteiger partial charge in [-0.1, -0.05) is 53.9 Å². The first-order chi connectivity index (χ1) is 15.1. The molecule has 32 heavy (non-hydrogen) atoms. The predicted octanol–water partition coefficient (Wildman–Crippen LogP) is 7.58. The van der Waals surface area contributed by atoms with Gasteiger partial charge in [0.15, 0.2) is 0 Å². The van der Waals surface area contributed by atoms with Gasteiger partial charge < -0.3 is 9.84 Å². The largest absolute Gasteiger partial charge is 0.480 e. The van der Waals surface area contributed by atoms with Gasteiger partial charge in [-0.05, 0) is 110 Å². The van der Waals surface area contributed by atoms with Crippen molar-refractivity contribution in [3.05, 3.63) is 0 Å². The van der Waals surface area contributed by atoms with Gasteiger partial charge in [0.1, 0.15) is 6.61 Å². The molecule has 0 aromatic rings. The van der Waals surface area contributed by atoms with Crippen LogP contribution >= 0.6 is 0 Å². The fourth-order valence-electron chi connectivity index (χ4n) is 9.58. The Hall–Kier alpha value is -0.570. The van der Waals surface area contributed by atoms with Crippen molar-refractivity contribution >= 4 is 5.97 Å². The highest BCUT2D eigenvalue weighted by atomic mass is 16.5. The van der Waals surface area contributed by atoms with Gasteiger partial charge in [0, 0.05) is 0 Å². The van der Waals surface area contributed by atoms with Gasteiger partial charge in [-0.2, -0.15) is 0 Å². The van der Waals surface area contributed by atoms with E-state index in [1.165, 1.54) is 64.2 Å². The Labute approximate surface area is 197 Å². The molecule has 3 heteroatoms. The number of carboxylic acids is 1. The normalized spacial score (nSPS) is 44.6. The lowest BCUT2D eigenvalue weighted by Gasteiger charge is -2.61. The molecule has 0 bridgehead atoms. The molecule has 0 aromatic carbocycles. The van der Waals surface area contributed by atoms with E-state index in [-0.39, 0.29) is 12.7 Å². The van der Waals surface area contributed by atoms with Crippen LogP contribution in [0.5, 0.6) is 0 Å². The van der Waals surface area contributed by atoms with Gasteiger partial charge in [-0.25, -0.2) is 4.79 Å². The average Bonchev–Trinajstić information content (AvgIpc) is 3.09. The van der Waals surface area contributed by atoms with Crippen molar-refractivity contribution in [1.29, 1.82) is 0 Å². The van der Waals surface area contributed by atoms with Crippen LogP contribution in [0, 0.1) is 52.3 Å². The Balaban J connectivity index is 1.41. The van der Waals surface area contributed by atoms with E-state index in [1.54, 1.807) is 0 Å². The van der Waals surface area contributed by atoms with Crippen molar-refractivity contribution in [3.8, 4) is 0 Å². The Kier molecular flexibility index (Phi) is 7.36. The minimum atomic E-state index is -0.831. The van der Waals surface area contributed by atoms with Crippen LogP contribution in [-0.2, 0) is 9.53 Å². The summed E-state index contributed by atoms with van der Waals surface area (Å²) in [5, 5.41) is 9.00. The molecule has 4 rings (SSSR count). The van der Waals surface area contributed by atoms with Crippen LogP contribution in [-0.4, -0.2) is 23.8 Å². The van der Waals surface area contributed by atoms with Crippen LogP contribution in [0.2, 0.25) is 0 Å². The van der Waals surface area contributed by atoms with Gasteiger partial charge >= 0.3 is 5.97 Å². The zero-order valence-corrected chi connectivity index (χ0v) is 21.6. The first-order valence-electron chi connectivity index (χ1n) is 14.0. The van der Waals surface area contributed by atoms with Crippen molar-refractivity contribution in [2.45, 2.75) is 118 Å². The van der Waals surface area contributed by atoms with Crippen LogP contribution in [0.25, 0.3) is 0 Å². The second kappa shape index (κ2) is 9.59.